The lowest BCUT2D eigenvalue weighted by atomic mass is 10.3. The number of pyridine rings is 1. The van der Waals surface area contributed by atoms with Gasteiger partial charge in [-0.15, -0.1) is 5.92 Å². The average Bonchev–Trinajstić information content (AvgIpc) is 1.98. The molecule has 0 aliphatic rings. The van der Waals surface area contributed by atoms with Gasteiger partial charge in [0.2, 0.25) is 5.56 Å². The van der Waals surface area contributed by atoms with Crippen molar-refractivity contribution in [3.8, 4) is 11.8 Å². The standard InChI is InChI=1S/C9H9NO/c1-3-4-8-5-6-9(11)10(2)7-8/h5-7H,1-2H3. The number of hydrogen-bond donors (Lipinski definition) is 0. The van der Waals surface area contributed by atoms with E-state index in [1.807, 2.05) is 0 Å². The molecule has 11 heavy (non-hydrogen) atoms. The second-order valence-electron chi connectivity index (χ2n) is 2.24. The van der Waals surface area contributed by atoms with Gasteiger partial charge in [0, 0.05) is 24.9 Å². The van der Waals surface area contributed by atoms with Crippen molar-refractivity contribution >= 4 is 0 Å². The molecule has 0 saturated heterocycles. The maximum atomic E-state index is 10.9. The van der Waals surface area contributed by atoms with E-state index in [2.05, 4.69) is 11.8 Å². The molecule has 0 amide bonds. The SMILES string of the molecule is CC#Cc1ccc(=O)n(C)c1. The molecule has 0 fully saturated rings. The highest BCUT2D eigenvalue weighted by Crippen LogP contribution is 1.90. The monoisotopic (exact) mass is 147 g/mol. The maximum absolute atomic E-state index is 10.9. The van der Waals surface area contributed by atoms with E-state index in [-0.39, 0.29) is 5.56 Å². The van der Waals surface area contributed by atoms with Crippen molar-refractivity contribution in [3.05, 3.63) is 34.2 Å². The average molecular weight is 147 g/mol. The summed E-state index contributed by atoms with van der Waals surface area (Å²) in [7, 11) is 1.71. The molecular formula is C9H9NO. The zero-order chi connectivity index (χ0) is 8.27. The predicted octanol–water partition coefficient (Wildman–Crippen LogP) is 0.757. The van der Waals surface area contributed by atoms with Crippen LogP contribution < -0.4 is 5.56 Å². The van der Waals surface area contributed by atoms with Gasteiger partial charge >= 0.3 is 0 Å². The number of rotatable bonds is 0. The van der Waals surface area contributed by atoms with E-state index in [9.17, 15) is 4.79 Å². The molecule has 2 nitrogen and oxygen atoms in total. The van der Waals surface area contributed by atoms with Crippen molar-refractivity contribution in [2.75, 3.05) is 0 Å². The molecule has 0 aromatic carbocycles. The normalized spacial score (nSPS) is 8.55. The molecule has 2 heteroatoms. The van der Waals surface area contributed by atoms with E-state index in [0.29, 0.717) is 0 Å². The van der Waals surface area contributed by atoms with E-state index < -0.39 is 0 Å². The lowest BCUT2D eigenvalue weighted by molar-refractivity contribution is 0.857. The Kier molecular flexibility index (Phi) is 2.12. The number of aromatic nitrogens is 1. The molecule has 56 valence electrons. The highest BCUT2D eigenvalue weighted by molar-refractivity contribution is 5.30. The summed E-state index contributed by atoms with van der Waals surface area (Å²) in [5.41, 5.74) is 0.862. The van der Waals surface area contributed by atoms with E-state index in [0.717, 1.165) is 5.56 Å². The van der Waals surface area contributed by atoms with Gasteiger partial charge in [-0.3, -0.25) is 4.79 Å². The first-order chi connectivity index (χ1) is 5.24. The van der Waals surface area contributed by atoms with Gasteiger partial charge in [0.15, 0.2) is 0 Å². The fourth-order valence-corrected chi connectivity index (χ4v) is 0.812. The minimum atomic E-state index is -0.00773. The van der Waals surface area contributed by atoms with Crippen molar-refractivity contribution in [1.29, 1.82) is 0 Å². The van der Waals surface area contributed by atoms with Gasteiger partial charge in [-0.25, -0.2) is 0 Å². The van der Waals surface area contributed by atoms with Gasteiger partial charge < -0.3 is 4.57 Å². The lowest BCUT2D eigenvalue weighted by Crippen LogP contribution is -2.14. The summed E-state index contributed by atoms with van der Waals surface area (Å²) < 4.78 is 1.51. The Morgan fingerprint density at radius 2 is 2.18 bits per heavy atom. The Balaban J connectivity index is 3.22. The molecule has 0 aliphatic heterocycles. The fraction of sp³-hybridized carbons (Fsp3) is 0.222. The molecule has 0 atom stereocenters. The Morgan fingerprint density at radius 3 is 2.73 bits per heavy atom. The van der Waals surface area contributed by atoms with E-state index >= 15 is 0 Å². The molecule has 0 unspecified atom stereocenters. The van der Waals surface area contributed by atoms with E-state index in [4.69, 9.17) is 0 Å². The molecule has 1 aromatic heterocycles. The van der Waals surface area contributed by atoms with Gasteiger partial charge in [-0.1, -0.05) is 5.92 Å². The maximum Gasteiger partial charge on any atom is 0.250 e. The van der Waals surface area contributed by atoms with Crippen molar-refractivity contribution in [1.82, 2.24) is 4.57 Å². The van der Waals surface area contributed by atoms with Crippen LogP contribution >= 0.6 is 0 Å². The smallest absolute Gasteiger partial charge is 0.250 e. The first-order valence-electron chi connectivity index (χ1n) is 3.33. The van der Waals surface area contributed by atoms with Crippen molar-refractivity contribution in [2.45, 2.75) is 6.92 Å². The molecule has 1 heterocycles. The van der Waals surface area contributed by atoms with Gasteiger partial charge in [0.05, 0.1) is 0 Å². The molecule has 0 aliphatic carbocycles. The Hall–Kier alpha value is -1.49. The van der Waals surface area contributed by atoms with Crippen LogP contribution in [0.4, 0.5) is 0 Å². The largest absolute Gasteiger partial charge is 0.317 e. The Labute approximate surface area is 65.5 Å². The molecular weight excluding hydrogens is 138 g/mol. The quantitative estimate of drug-likeness (QED) is 0.496. The van der Waals surface area contributed by atoms with Crippen LogP contribution in [0.2, 0.25) is 0 Å². The summed E-state index contributed by atoms with van der Waals surface area (Å²) in [6, 6.07) is 3.23. The molecule has 0 radical (unpaired) electrons. The lowest BCUT2D eigenvalue weighted by Gasteiger charge is -1.94. The van der Waals surface area contributed by atoms with Gasteiger partial charge in [-0.05, 0) is 13.0 Å². The Bertz CT molecular complexity index is 365. The summed E-state index contributed by atoms with van der Waals surface area (Å²) in [5, 5.41) is 0. The second kappa shape index (κ2) is 3.07. The molecule has 1 aromatic rings. The zero-order valence-corrected chi connectivity index (χ0v) is 6.59. The third-order valence-corrected chi connectivity index (χ3v) is 1.36. The molecule has 0 N–H and O–H groups in total. The van der Waals surface area contributed by atoms with Crippen molar-refractivity contribution in [2.24, 2.45) is 7.05 Å². The summed E-state index contributed by atoms with van der Waals surface area (Å²) in [6.45, 7) is 1.77. The molecule has 0 saturated carbocycles. The second-order valence-corrected chi connectivity index (χ2v) is 2.24. The van der Waals surface area contributed by atoms with Crippen LogP contribution in [0, 0.1) is 11.8 Å². The molecule has 0 bridgehead atoms. The van der Waals surface area contributed by atoms with Crippen molar-refractivity contribution < 1.29 is 0 Å². The van der Waals surface area contributed by atoms with Gasteiger partial charge in [0.25, 0.3) is 0 Å². The minimum absolute atomic E-state index is 0.00773. The van der Waals surface area contributed by atoms with Crippen molar-refractivity contribution in [3.63, 3.8) is 0 Å². The van der Waals surface area contributed by atoms with Gasteiger partial charge in [0.1, 0.15) is 0 Å². The summed E-state index contributed by atoms with van der Waals surface area (Å²) in [4.78, 5) is 10.9. The van der Waals surface area contributed by atoms with Crippen LogP contribution in [0.1, 0.15) is 12.5 Å². The third-order valence-electron chi connectivity index (χ3n) is 1.36. The van der Waals surface area contributed by atoms with Crippen LogP contribution in [0.5, 0.6) is 0 Å². The Morgan fingerprint density at radius 1 is 1.45 bits per heavy atom. The van der Waals surface area contributed by atoms with E-state index in [1.165, 1.54) is 10.6 Å². The summed E-state index contributed by atoms with van der Waals surface area (Å²) >= 11 is 0. The van der Waals surface area contributed by atoms with Crippen LogP contribution in [0.15, 0.2) is 23.1 Å². The summed E-state index contributed by atoms with van der Waals surface area (Å²) in [5.74, 6) is 5.63. The fourth-order valence-electron chi connectivity index (χ4n) is 0.812. The van der Waals surface area contributed by atoms with Gasteiger partial charge in [-0.2, -0.15) is 0 Å². The number of aryl methyl sites for hydroxylation is 1. The number of hydrogen-bond acceptors (Lipinski definition) is 1. The van der Waals surface area contributed by atoms with Crippen LogP contribution in [-0.2, 0) is 7.05 Å². The van der Waals surface area contributed by atoms with E-state index in [1.54, 1.807) is 26.2 Å². The first kappa shape index (κ1) is 7.62. The minimum Gasteiger partial charge on any atom is -0.317 e. The van der Waals surface area contributed by atoms with Crippen LogP contribution in [0.25, 0.3) is 0 Å². The van der Waals surface area contributed by atoms with Crippen LogP contribution in [-0.4, -0.2) is 4.57 Å². The predicted molar refractivity (Wildman–Crippen MR) is 44.2 cm³/mol. The first-order valence-corrected chi connectivity index (χ1v) is 3.33. The summed E-state index contributed by atoms with van der Waals surface area (Å²) in [6.07, 6.45) is 1.72. The molecule has 1 rings (SSSR count). The third kappa shape index (κ3) is 1.71. The topological polar surface area (TPSA) is 22.0 Å². The van der Waals surface area contributed by atoms with Crippen LogP contribution in [0.3, 0.4) is 0 Å². The number of nitrogens with zero attached hydrogens (tertiary/aromatic N) is 1. The molecule has 0 spiro atoms. The highest BCUT2D eigenvalue weighted by Gasteiger charge is 1.89. The zero-order valence-electron chi connectivity index (χ0n) is 6.59. The highest BCUT2D eigenvalue weighted by atomic mass is 16.1.